The molecule has 19 nitrogen and oxygen atoms in total. The van der Waals surface area contributed by atoms with E-state index in [2.05, 4.69) is 58.1 Å². The molecule has 0 fully saturated rings. The molecule has 0 spiro atoms. The van der Waals surface area contributed by atoms with E-state index < -0.39 is 5.97 Å². The van der Waals surface area contributed by atoms with Gasteiger partial charge in [0.2, 0.25) is 0 Å². The number of ether oxygens (including phenoxy) is 4. The topological polar surface area (TPSA) is 267 Å². The maximum Gasteiger partial charge on any atom is 0.494 e. The van der Waals surface area contributed by atoms with E-state index in [9.17, 15) is 4.79 Å². The van der Waals surface area contributed by atoms with Gasteiger partial charge in [0.25, 0.3) is 0 Å². The molecule has 0 aliphatic heterocycles. The number of rotatable bonds is 13. The van der Waals surface area contributed by atoms with Gasteiger partial charge in [0.15, 0.2) is 0 Å². The number of para-hydroxylation sites is 1. The zero-order valence-corrected chi connectivity index (χ0v) is 60.4. The number of aliphatic hydroxyl groups excluding tert-OH is 4. The molecule has 9 rings (SSSR count). The number of aliphatic hydroxyl groups is 4. The van der Waals surface area contributed by atoms with Gasteiger partial charge in [0.1, 0.15) is 17.0 Å². The number of carbonyl (C=O) groups is 1. The largest absolute Gasteiger partial charge is 0.649 e. The molecule has 0 aliphatic rings. The first-order valence-corrected chi connectivity index (χ1v) is 27.4. The Hall–Kier alpha value is -6.53. The Morgan fingerprint density at radius 3 is 1.26 bits per heavy atom. The summed E-state index contributed by atoms with van der Waals surface area (Å²) in [7, 11) is 6.50. The number of fused-ring (bicyclic) bond motifs is 1. The number of aromatic nitrogens is 8. The Kier molecular flexibility index (Phi) is 40.7. The third-order valence-corrected chi connectivity index (χ3v) is 11.6. The number of carboxylic acid groups (broad SMARTS) is 1. The maximum atomic E-state index is 10.1. The minimum absolute atomic E-state index is 0. The molecule has 476 valence electrons. The Morgan fingerprint density at radius 2 is 0.920 bits per heavy atom. The van der Waals surface area contributed by atoms with Crippen LogP contribution < -0.4 is 22.7 Å². The van der Waals surface area contributed by atoms with Crippen LogP contribution in [0.2, 0.25) is 0 Å². The monoisotopic (exact) mass is 1750 g/mol. The summed E-state index contributed by atoms with van der Waals surface area (Å²) >= 11 is 1.47. The average Bonchev–Trinajstić information content (AvgIpc) is 1.41. The molecular formula is C65H77AlIr3N8O11-3. The van der Waals surface area contributed by atoms with Gasteiger partial charge in [-0.15, -0.1) is 77.4 Å². The predicted molar refractivity (Wildman–Crippen MR) is 330 cm³/mol. The number of hydrogen-bond acceptors (Lipinski definition) is 18. The first-order chi connectivity index (χ1) is 40.5. The van der Waals surface area contributed by atoms with Crippen molar-refractivity contribution in [1.29, 1.82) is 0 Å². The second kappa shape index (κ2) is 44.0. The summed E-state index contributed by atoms with van der Waals surface area (Å²) < 4.78 is 26.0. The van der Waals surface area contributed by atoms with Crippen LogP contribution >= 0.6 is 0 Å². The molecule has 5 N–H and O–H groups in total. The van der Waals surface area contributed by atoms with Crippen LogP contribution in [0.25, 0.3) is 44.7 Å². The SMILES string of the molecule is CC(O)CC(C)O.CC(O)CC(C)O.COc1c[c-]c(-c2ncc(C)nc2C)cc1OC.COc1cc[c-]c(-c2ncc(C)nc2C)c1.COc1cc[c-]c(-c2ncc(C)nc2C)c1.O=C(O)c1ccccn1.[AlH][O]c1cccc2cccnc12.[Ir].[Ir].[Ir]. The Morgan fingerprint density at radius 1 is 0.500 bits per heavy atom. The van der Waals surface area contributed by atoms with Crippen LogP contribution in [0.3, 0.4) is 0 Å². The smallest absolute Gasteiger partial charge is 0.494 e. The second-order valence-electron chi connectivity index (χ2n) is 19.0. The normalized spacial score (nSPS) is 11.1. The standard InChI is InChI=1S/C14H15N2O2.2C13H13N2O.C9H7NO.C6H5NO2.2C5H12O2.Al.3Ir.H/c1-9-8-15-14(10(2)16-9)11-5-6-12(17-3)13(7-11)18-4;2*1-9-8-14-13(10(2)15-9)11-5-4-6-12(7-11)16-3;11-8-5-1-3-7-4-2-6-10-9(7)8;8-6(9)5-3-1-2-4-7-5;2*1-4(6)3-5(2)7;;;;;/h6-8H,1-4H3;2*4,6-8H,1-3H3;1-6,11H;1-4H,(H,8,9);2*4-7H,3H2,1-2H3;;;;;/q3*-1;;;;;+1;;;;/p-1. The molecule has 4 atom stereocenters. The van der Waals surface area contributed by atoms with Gasteiger partial charge in [0.05, 0.1) is 81.4 Å². The third kappa shape index (κ3) is 29.6. The second-order valence-corrected chi connectivity index (χ2v) is 19.3. The number of methoxy groups -OCH3 is 4. The van der Waals surface area contributed by atoms with Crippen molar-refractivity contribution in [3.8, 4) is 62.5 Å². The molecule has 0 amide bonds. The fourth-order valence-corrected chi connectivity index (χ4v) is 7.82. The van der Waals surface area contributed by atoms with Crippen molar-refractivity contribution >= 4 is 33.5 Å². The Balaban J connectivity index is 0.00000102. The summed E-state index contributed by atoms with van der Waals surface area (Å²) in [6, 6.07) is 38.8. The summed E-state index contributed by atoms with van der Waals surface area (Å²) in [5, 5.41) is 43.7. The van der Waals surface area contributed by atoms with Crippen LogP contribution in [0.15, 0.2) is 128 Å². The first kappa shape index (κ1) is 81.5. The zero-order chi connectivity index (χ0) is 63.0. The quantitative estimate of drug-likeness (QED) is 0.0530. The Bertz CT molecular complexity index is 3320. The molecule has 0 saturated carbocycles. The van der Waals surface area contributed by atoms with Crippen LogP contribution in [0, 0.1) is 59.7 Å². The van der Waals surface area contributed by atoms with Crippen LogP contribution in [0.5, 0.6) is 28.7 Å². The number of carboxylic acids is 1. The van der Waals surface area contributed by atoms with Crippen LogP contribution in [-0.2, 0) is 60.3 Å². The minimum atomic E-state index is -0.990. The van der Waals surface area contributed by atoms with E-state index in [4.69, 9.17) is 48.3 Å². The van der Waals surface area contributed by atoms with Crippen molar-refractivity contribution < 1.29 is 113 Å². The van der Waals surface area contributed by atoms with E-state index in [1.54, 1.807) is 99.1 Å². The van der Waals surface area contributed by atoms with E-state index in [1.165, 1.54) is 28.9 Å². The predicted octanol–water partition coefficient (Wildman–Crippen LogP) is 10.2. The van der Waals surface area contributed by atoms with E-state index in [-0.39, 0.29) is 90.4 Å². The number of nitrogens with zero attached hydrogens (tertiary/aromatic N) is 8. The fourth-order valence-electron chi connectivity index (χ4n) is 7.59. The summed E-state index contributed by atoms with van der Waals surface area (Å²) in [5.41, 5.74) is 11.6. The number of aromatic carboxylic acids is 1. The molecule has 4 aromatic carbocycles. The summed E-state index contributed by atoms with van der Waals surface area (Å²) in [6.45, 7) is 18.2. The van der Waals surface area contributed by atoms with Crippen molar-refractivity contribution in [1.82, 2.24) is 39.9 Å². The zero-order valence-electron chi connectivity index (χ0n) is 51.8. The Labute approximate surface area is 566 Å². The molecule has 0 aliphatic carbocycles. The number of hydrogen-bond donors (Lipinski definition) is 5. The molecule has 0 saturated heterocycles. The van der Waals surface area contributed by atoms with Crippen molar-refractivity contribution in [3.05, 3.63) is 186 Å². The van der Waals surface area contributed by atoms with Crippen LogP contribution in [-0.4, -0.2) is 141 Å². The van der Waals surface area contributed by atoms with Gasteiger partial charge in [0, 0.05) is 142 Å². The number of benzene rings is 4. The van der Waals surface area contributed by atoms with Gasteiger partial charge >= 0.3 is 22.6 Å². The van der Waals surface area contributed by atoms with E-state index >= 15 is 0 Å². The summed E-state index contributed by atoms with van der Waals surface area (Å²) in [6.07, 6.45) is 7.93. The van der Waals surface area contributed by atoms with Gasteiger partial charge in [-0.05, 0) is 106 Å². The van der Waals surface area contributed by atoms with E-state index in [0.717, 1.165) is 96.1 Å². The number of pyridine rings is 2. The minimum Gasteiger partial charge on any atom is -0.649 e. The van der Waals surface area contributed by atoms with Crippen LogP contribution in [0.4, 0.5) is 0 Å². The fraction of sp³-hybridized carbons (Fsp3) is 0.308. The number of aryl methyl sites for hydroxylation is 6. The molecule has 4 radical (unpaired) electrons. The van der Waals surface area contributed by atoms with Gasteiger partial charge in [-0.25, -0.2) is 9.78 Å². The first-order valence-electron chi connectivity index (χ1n) is 26.8. The van der Waals surface area contributed by atoms with Gasteiger partial charge in [-0.3, -0.25) is 19.9 Å². The molecule has 4 unspecified atom stereocenters. The molecule has 5 heterocycles. The van der Waals surface area contributed by atoms with Crippen molar-refractivity contribution in [2.75, 3.05) is 28.4 Å². The van der Waals surface area contributed by atoms with Gasteiger partial charge in [-0.1, -0.05) is 30.3 Å². The molecule has 88 heavy (non-hydrogen) atoms. The molecular weight excluding hydrogens is 1670 g/mol. The van der Waals surface area contributed by atoms with Crippen molar-refractivity contribution in [3.63, 3.8) is 0 Å². The van der Waals surface area contributed by atoms with Crippen molar-refractivity contribution in [2.45, 2.75) is 106 Å². The van der Waals surface area contributed by atoms with Crippen molar-refractivity contribution in [2.24, 2.45) is 0 Å². The third-order valence-electron chi connectivity index (χ3n) is 11.3. The van der Waals surface area contributed by atoms with Gasteiger partial charge < -0.3 is 63.2 Å². The molecule has 9 aromatic rings. The summed E-state index contributed by atoms with van der Waals surface area (Å²) in [5.74, 6) is 2.76. The van der Waals surface area contributed by atoms with E-state index in [0.29, 0.717) is 24.3 Å². The molecule has 23 heteroatoms. The molecule has 5 aromatic heterocycles. The van der Waals surface area contributed by atoms with Crippen LogP contribution in [0.1, 0.15) is 85.2 Å². The average molecular weight is 1750 g/mol. The maximum absolute atomic E-state index is 10.1. The summed E-state index contributed by atoms with van der Waals surface area (Å²) in [4.78, 5) is 44.2. The molecule has 0 bridgehead atoms. The van der Waals surface area contributed by atoms with E-state index in [1.807, 2.05) is 114 Å². The van der Waals surface area contributed by atoms with Gasteiger partial charge in [-0.2, -0.15) is 0 Å².